The Morgan fingerprint density at radius 3 is 2.46 bits per heavy atom. The van der Waals surface area contributed by atoms with Crippen molar-refractivity contribution in [2.45, 2.75) is 105 Å². The Hall–Kier alpha value is -1.85. The van der Waals surface area contributed by atoms with E-state index >= 15 is 0 Å². The fraction of sp³-hybridized carbons (Fsp3) is 0.656. The Bertz CT molecular complexity index is 990. The monoisotopic (exact) mass is 526 g/mol. The highest BCUT2D eigenvalue weighted by Crippen LogP contribution is 2.60. The highest BCUT2D eigenvalue weighted by atomic mass is 28.4. The number of benzene rings is 1. The minimum absolute atomic E-state index is 0.0365. The van der Waals surface area contributed by atoms with Crippen molar-refractivity contribution in [2.24, 2.45) is 16.7 Å². The average Bonchev–Trinajstić information content (AvgIpc) is 2.82. The zero-order valence-electron chi connectivity index (χ0n) is 24.7. The molecule has 1 saturated carbocycles. The van der Waals surface area contributed by atoms with Crippen molar-refractivity contribution >= 4 is 14.3 Å². The van der Waals surface area contributed by atoms with E-state index in [9.17, 15) is 4.79 Å². The lowest BCUT2D eigenvalue weighted by atomic mass is 9.53. The second-order valence-electron chi connectivity index (χ2n) is 13.0. The Morgan fingerprint density at radius 2 is 1.84 bits per heavy atom. The van der Waals surface area contributed by atoms with Crippen LogP contribution in [0.1, 0.15) is 85.6 Å². The molecule has 0 N–H and O–H groups in total. The molecule has 2 aliphatic carbocycles. The summed E-state index contributed by atoms with van der Waals surface area (Å²) in [6.45, 7) is 24.0. The molecule has 0 aliphatic heterocycles. The summed E-state index contributed by atoms with van der Waals surface area (Å²) in [6, 6.07) is 10.3. The van der Waals surface area contributed by atoms with Gasteiger partial charge in [0.1, 0.15) is 0 Å². The van der Waals surface area contributed by atoms with Gasteiger partial charge < -0.3 is 13.9 Å². The molecule has 2 aliphatic rings. The van der Waals surface area contributed by atoms with Crippen LogP contribution in [-0.2, 0) is 25.3 Å². The average molecular weight is 527 g/mol. The fourth-order valence-corrected chi connectivity index (χ4v) is 7.04. The molecule has 1 aromatic carbocycles. The van der Waals surface area contributed by atoms with Gasteiger partial charge in [-0.2, -0.15) is 0 Å². The van der Waals surface area contributed by atoms with Crippen LogP contribution >= 0.6 is 0 Å². The quantitative estimate of drug-likeness (QED) is 0.132. The second-order valence-corrected chi connectivity index (χ2v) is 17.8. The molecule has 0 saturated heterocycles. The van der Waals surface area contributed by atoms with Crippen molar-refractivity contribution in [2.75, 3.05) is 13.2 Å². The van der Waals surface area contributed by atoms with Crippen LogP contribution in [0.25, 0.3) is 0 Å². The first-order valence-electron chi connectivity index (χ1n) is 14.2. The largest absolute Gasteiger partial charge is 0.546 e. The third-order valence-corrected chi connectivity index (χ3v) is 13.7. The maximum Gasteiger partial charge on any atom is 0.316 e. The topological polar surface area (TPSA) is 44.8 Å². The van der Waals surface area contributed by atoms with E-state index in [0.717, 1.165) is 50.0 Å². The summed E-state index contributed by atoms with van der Waals surface area (Å²) >= 11 is 0. The van der Waals surface area contributed by atoms with Gasteiger partial charge in [0.25, 0.3) is 0 Å². The third kappa shape index (κ3) is 6.25. The molecule has 3 atom stereocenters. The predicted octanol–water partition coefficient (Wildman–Crippen LogP) is 8.60. The zero-order valence-corrected chi connectivity index (χ0v) is 25.7. The van der Waals surface area contributed by atoms with E-state index in [0.29, 0.717) is 19.6 Å². The zero-order chi connectivity index (χ0) is 27.5. The Morgan fingerprint density at radius 1 is 1.16 bits per heavy atom. The summed E-state index contributed by atoms with van der Waals surface area (Å²) in [5.41, 5.74) is 2.75. The number of allylic oxidation sites excluding steroid dienone is 2. The summed E-state index contributed by atoms with van der Waals surface area (Å²) in [4.78, 5) is 13.4. The maximum atomic E-state index is 13.4. The van der Waals surface area contributed by atoms with Crippen LogP contribution in [0.3, 0.4) is 0 Å². The molecule has 37 heavy (non-hydrogen) atoms. The van der Waals surface area contributed by atoms with Gasteiger partial charge in [-0.15, -0.1) is 0 Å². The third-order valence-electron chi connectivity index (χ3n) is 9.34. The van der Waals surface area contributed by atoms with Crippen molar-refractivity contribution < 1.29 is 18.7 Å². The number of hydrogen-bond acceptors (Lipinski definition) is 4. The first-order valence-corrected chi connectivity index (χ1v) is 17.1. The van der Waals surface area contributed by atoms with Gasteiger partial charge in [0.2, 0.25) is 8.32 Å². The molecule has 0 unspecified atom stereocenters. The van der Waals surface area contributed by atoms with Gasteiger partial charge in [-0.3, -0.25) is 4.79 Å². The van der Waals surface area contributed by atoms with Crippen LogP contribution in [0.2, 0.25) is 18.1 Å². The maximum absolute atomic E-state index is 13.4. The number of hydrogen-bond donors (Lipinski definition) is 0. The van der Waals surface area contributed by atoms with Crippen LogP contribution in [-0.4, -0.2) is 27.5 Å². The number of carbonyl (C=O) groups is 1. The highest BCUT2D eigenvalue weighted by molar-refractivity contribution is 6.74. The summed E-state index contributed by atoms with van der Waals surface area (Å²) in [5.74, 6) is 1.02. The van der Waals surface area contributed by atoms with Crippen molar-refractivity contribution in [3.8, 4) is 0 Å². The number of ether oxygens (including phenoxy) is 2. The van der Waals surface area contributed by atoms with Crippen LogP contribution in [0.4, 0.5) is 0 Å². The smallest absolute Gasteiger partial charge is 0.316 e. The molecule has 0 bridgehead atoms. The normalized spacial score (nSPS) is 26.6. The molecule has 3 rings (SSSR count). The molecular weight excluding hydrogens is 476 g/mol. The van der Waals surface area contributed by atoms with Crippen molar-refractivity contribution in [1.29, 1.82) is 0 Å². The van der Waals surface area contributed by atoms with Crippen LogP contribution in [0.15, 0.2) is 53.8 Å². The molecule has 0 amide bonds. The molecule has 0 spiro atoms. The lowest BCUT2D eigenvalue weighted by molar-refractivity contribution is -0.155. The van der Waals surface area contributed by atoms with E-state index < -0.39 is 13.7 Å². The van der Waals surface area contributed by atoms with Crippen LogP contribution in [0, 0.1) is 16.7 Å². The van der Waals surface area contributed by atoms with Crippen LogP contribution in [0.5, 0.6) is 0 Å². The van der Waals surface area contributed by atoms with Gasteiger partial charge in [-0.1, -0.05) is 76.6 Å². The number of carbonyl (C=O) groups excluding carboxylic acids is 1. The minimum Gasteiger partial charge on any atom is -0.546 e. The Kier molecular flexibility index (Phi) is 9.22. The summed E-state index contributed by atoms with van der Waals surface area (Å²) in [6.07, 6.45) is 5.77. The molecule has 0 aromatic heterocycles. The minimum atomic E-state index is -2.07. The van der Waals surface area contributed by atoms with E-state index in [4.69, 9.17) is 13.9 Å². The summed E-state index contributed by atoms with van der Waals surface area (Å²) < 4.78 is 18.8. The standard InChI is InChI=1S/C32H50O4Si/c1-10-35-29(33)32(7)24(2)22-27(36-37(8,9)30(3,4)5)28-26(32)18-14-19-31(28,6)20-15-21-34-23-25-16-12-11-13-17-25/h11-13,16-17,26H,2,10,14-15,18-23H2,1,3-9H3/t26-,31+,32-/m1/s1. The Balaban J connectivity index is 1.91. The van der Waals surface area contributed by atoms with E-state index in [1.54, 1.807) is 0 Å². The van der Waals surface area contributed by atoms with E-state index in [-0.39, 0.29) is 22.3 Å². The number of fused-ring (bicyclic) bond motifs is 1. The molecule has 1 aromatic rings. The molecule has 5 heteroatoms. The Labute approximate surface area is 227 Å². The molecule has 1 fully saturated rings. The first kappa shape index (κ1) is 29.7. The van der Waals surface area contributed by atoms with Crippen molar-refractivity contribution in [3.05, 3.63) is 59.4 Å². The first-order chi connectivity index (χ1) is 17.3. The van der Waals surface area contributed by atoms with Crippen LogP contribution < -0.4 is 0 Å². The number of rotatable bonds is 10. The van der Waals surface area contributed by atoms with Gasteiger partial charge in [0.15, 0.2) is 0 Å². The van der Waals surface area contributed by atoms with Gasteiger partial charge in [0, 0.05) is 18.9 Å². The highest BCUT2D eigenvalue weighted by Gasteiger charge is 2.56. The SMILES string of the molecule is C=C1CC(O[Si](C)(C)C(C)(C)C)=C2[C@@H](CCC[C@@]2(C)CCCOCc2ccccc2)[C@]1(C)C(=O)OCC. The van der Waals surface area contributed by atoms with Crippen molar-refractivity contribution in [3.63, 3.8) is 0 Å². The summed E-state index contributed by atoms with van der Waals surface area (Å²) in [5, 5.41) is 0.0929. The van der Waals surface area contributed by atoms with E-state index in [1.807, 2.05) is 13.0 Å². The molecule has 0 heterocycles. The van der Waals surface area contributed by atoms with Gasteiger partial charge in [-0.05, 0) is 74.2 Å². The summed E-state index contributed by atoms with van der Waals surface area (Å²) in [7, 11) is -2.07. The second kappa shape index (κ2) is 11.5. The number of esters is 1. The molecule has 4 nitrogen and oxygen atoms in total. The fourth-order valence-electron chi connectivity index (χ4n) is 5.93. The molecule has 206 valence electrons. The lowest BCUT2D eigenvalue weighted by Gasteiger charge is -2.53. The van der Waals surface area contributed by atoms with Gasteiger partial charge in [0.05, 0.1) is 24.4 Å². The molecule has 0 radical (unpaired) electrons. The predicted molar refractivity (Wildman–Crippen MR) is 155 cm³/mol. The van der Waals surface area contributed by atoms with E-state index in [2.05, 4.69) is 78.6 Å². The lowest BCUT2D eigenvalue weighted by Crippen LogP contribution is -2.49. The van der Waals surface area contributed by atoms with Gasteiger partial charge >= 0.3 is 5.97 Å². The van der Waals surface area contributed by atoms with E-state index in [1.165, 1.54) is 11.1 Å². The van der Waals surface area contributed by atoms with Crippen molar-refractivity contribution in [1.82, 2.24) is 0 Å². The van der Waals surface area contributed by atoms with Gasteiger partial charge in [-0.25, -0.2) is 0 Å². The molecular formula is C32H50O4Si.